The first kappa shape index (κ1) is 11.8. The SMILES string of the molecule is O=C(NCC1CCC1)N[C@@H](CO)C(=O)O. The second-order valence-electron chi connectivity index (χ2n) is 3.72. The quantitative estimate of drug-likeness (QED) is 0.499. The molecular formula is C9H16N2O4. The van der Waals surface area contributed by atoms with Crippen LogP contribution in [0.15, 0.2) is 0 Å². The van der Waals surface area contributed by atoms with Gasteiger partial charge in [0.25, 0.3) is 0 Å². The highest BCUT2D eigenvalue weighted by atomic mass is 16.4. The Balaban J connectivity index is 2.18. The summed E-state index contributed by atoms with van der Waals surface area (Å²) in [5.41, 5.74) is 0. The Hall–Kier alpha value is -1.30. The van der Waals surface area contributed by atoms with E-state index in [0.29, 0.717) is 12.5 Å². The fourth-order valence-electron chi connectivity index (χ4n) is 1.33. The molecule has 1 aliphatic rings. The third-order valence-corrected chi connectivity index (χ3v) is 2.56. The second-order valence-corrected chi connectivity index (χ2v) is 3.72. The van der Waals surface area contributed by atoms with E-state index in [1.165, 1.54) is 6.42 Å². The molecule has 1 aliphatic carbocycles. The number of carboxylic acids is 1. The summed E-state index contributed by atoms with van der Waals surface area (Å²) in [6.07, 6.45) is 3.42. The van der Waals surface area contributed by atoms with Gasteiger partial charge in [-0.3, -0.25) is 0 Å². The van der Waals surface area contributed by atoms with Crippen molar-refractivity contribution in [3.8, 4) is 0 Å². The van der Waals surface area contributed by atoms with E-state index in [9.17, 15) is 9.59 Å². The van der Waals surface area contributed by atoms with Crippen LogP contribution in [0.3, 0.4) is 0 Å². The van der Waals surface area contributed by atoms with Crippen molar-refractivity contribution in [1.82, 2.24) is 10.6 Å². The molecule has 0 aromatic heterocycles. The summed E-state index contributed by atoms with van der Waals surface area (Å²) in [7, 11) is 0. The van der Waals surface area contributed by atoms with Crippen LogP contribution in [0.5, 0.6) is 0 Å². The van der Waals surface area contributed by atoms with E-state index in [2.05, 4.69) is 10.6 Å². The van der Waals surface area contributed by atoms with Crippen molar-refractivity contribution in [3.05, 3.63) is 0 Å². The molecule has 1 fully saturated rings. The molecule has 0 saturated heterocycles. The van der Waals surface area contributed by atoms with Crippen LogP contribution in [0, 0.1) is 5.92 Å². The summed E-state index contributed by atoms with van der Waals surface area (Å²) in [5, 5.41) is 22.0. The molecule has 0 heterocycles. The van der Waals surface area contributed by atoms with Gasteiger partial charge in [-0.05, 0) is 18.8 Å². The van der Waals surface area contributed by atoms with Gasteiger partial charge in [-0.15, -0.1) is 0 Å². The molecule has 0 radical (unpaired) electrons. The zero-order chi connectivity index (χ0) is 11.3. The van der Waals surface area contributed by atoms with E-state index in [1.807, 2.05) is 0 Å². The predicted octanol–water partition coefficient (Wildman–Crippen LogP) is -0.469. The van der Waals surface area contributed by atoms with Gasteiger partial charge in [0.1, 0.15) is 0 Å². The number of aliphatic hydroxyl groups excluding tert-OH is 1. The summed E-state index contributed by atoms with van der Waals surface area (Å²) in [4.78, 5) is 21.6. The first-order valence-electron chi connectivity index (χ1n) is 5.01. The number of nitrogens with one attached hydrogen (secondary N) is 2. The molecule has 1 atom stereocenters. The van der Waals surface area contributed by atoms with Gasteiger partial charge in [0.15, 0.2) is 6.04 Å². The number of rotatable bonds is 5. The molecule has 15 heavy (non-hydrogen) atoms. The molecular weight excluding hydrogens is 200 g/mol. The fourth-order valence-corrected chi connectivity index (χ4v) is 1.33. The van der Waals surface area contributed by atoms with Gasteiger partial charge >= 0.3 is 12.0 Å². The third-order valence-electron chi connectivity index (χ3n) is 2.56. The number of amides is 2. The van der Waals surface area contributed by atoms with Crippen LogP contribution in [0.1, 0.15) is 19.3 Å². The van der Waals surface area contributed by atoms with Crippen LogP contribution in [0.25, 0.3) is 0 Å². The van der Waals surface area contributed by atoms with Crippen LogP contribution in [-0.2, 0) is 4.79 Å². The van der Waals surface area contributed by atoms with Gasteiger partial charge in [-0.25, -0.2) is 9.59 Å². The molecule has 1 saturated carbocycles. The van der Waals surface area contributed by atoms with Crippen LogP contribution in [0.2, 0.25) is 0 Å². The monoisotopic (exact) mass is 216 g/mol. The van der Waals surface area contributed by atoms with Gasteiger partial charge < -0.3 is 20.8 Å². The third kappa shape index (κ3) is 3.75. The molecule has 0 aromatic rings. The lowest BCUT2D eigenvalue weighted by Crippen LogP contribution is -2.49. The van der Waals surface area contributed by atoms with Crippen molar-refractivity contribution in [2.24, 2.45) is 5.92 Å². The highest BCUT2D eigenvalue weighted by Gasteiger charge is 2.21. The molecule has 6 heteroatoms. The summed E-state index contributed by atoms with van der Waals surface area (Å²) >= 11 is 0. The average molecular weight is 216 g/mol. The maximum Gasteiger partial charge on any atom is 0.328 e. The molecule has 6 nitrogen and oxygen atoms in total. The minimum Gasteiger partial charge on any atom is -0.480 e. The van der Waals surface area contributed by atoms with Gasteiger partial charge in [-0.2, -0.15) is 0 Å². The average Bonchev–Trinajstić information content (AvgIpc) is 2.11. The summed E-state index contributed by atoms with van der Waals surface area (Å²) in [6, 6.07) is -1.77. The molecule has 0 spiro atoms. The van der Waals surface area contributed by atoms with Crippen molar-refractivity contribution in [1.29, 1.82) is 0 Å². The maximum atomic E-state index is 11.2. The second kappa shape index (κ2) is 5.55. The Kier molecular flexibility index (Phi) is 4.36. The van der Waals surface area contributed by atoms with Crippen molar-refractivity contribution in [3.63, 3.8) is 0 Å². The van der Waals surface area contributed by atoms with E-state index in [1.54, 1.807) is 0 Å². The number of hydrogen-bond acceptors (Lipinski definition) is 3. The van der Waals surface area contributed by atoms with Crippen molar-refractivity contribution < 1.29 is 19.8 Å². The molecule has 4 N–H and O–H groups in total. The van der Waals surface area contributed by atoms with Crippen molar-refractivity contribution >= 4 is 12.0 Å². The maximum absolute atomic E-state index is 11.2. The lowest BCUT2D eigenvalue weighted by atomic mass is 9.85. The smallest absolute Gasteiger partial charge is 0.328 e. The Morgan fingerprint density at radius 1 is 1.40 bits per heavy atom. The van der Waals surface area contributed by atoms with Crippen LogP contribution >= 0.6 is 0 Å². The fraction of sp³-hybridized carbons (Fsp3) is 0.778. The normalized spacial score (nSPS) is 17.7. The highest BCUT2D eigenvalue weighted by Crippen LogP contribution is 2.24. The Labute approximate surface area is 87.7 Å². The number of hydrogen-bond donors (Lipinski definition) is 4. The molecule has 86 valence electrons. The van der Waals surface area contributed by atoms with Crippen LogP contribution in [-0.4, -0.2) is 41.4 Å². The first-order chi connectivity index (χ1) is 7.13. The molecule has 0 aromatic carbocycles. The summed E-state index contributed by atoms with van der Waals surface area (Å²) in [5.74, 6) is -0.718. The standard InChI is InChI=1S/C9H16N2O4/c12-5-7(8(13)14)11-9(15)10-4-6-2-1-3-6/h6-7,12H,1-5H2,(H,13,14)(H2,10,11,15)/t7-/m0/s1. The molecule has 2 amide bonds. The van der Waals surface area contributed by atoms with Gasteiger partial charge in [-0.1, -0.05) is 6.42 Å². The Morgan fingerprint density at radius 3 is 2.47 bits per heavy atom. The number of carboxylic acid groups (broad SMARTS) is 1. The zero-order valence-corrected chi connectivity index (χ0v) is 8.40. The minimum atomic E-state index is -1.24. The summed E-state index contributed by atoms with van der Waals surface area (Å²) in [6.45, 7) is -0.0320. The zero-order valence-electron chi connectivity index (χ0n) is 8.40. The van der Waals surface area contributed by atoms with Gasteiger partial charge in [0, 0.05) is 6.54 Å². The Bertz CT molecular complexity index is 240. The van der Waals surface area contributed by atoms with E-state index in [-0.39, 0.29) is 0 Å². The van der Waals surface area contributed by atoms with E-state index < -0.39 is 24.6 Å². The lowest BCUT2D eigenvalue weighted by molar-refractivity contribution is -0.140. The number of aliphatic carboxylic acids is 1. The van der Waals surface area contributed by atoms with Gasteiger partial charge in [0.05, 0.1) is 6.61 Å². The van der Waals surface area contributed by atoms with Crippen molar-refractivity contribution in [2.75, 3.05) is 13.2 Å². The highest BCUT2D eigenvalue weighted by molar-refractivity contribution is 5.82. The number of carbonyl (C=O) groups is 2. The van der Waals surface area contributed by atoms with Gasteiger partial charge in [0.2, 0.25) is 0 Å². The molecule has 0 aliphatic heterocycles. The van der Waals surface area contributed by atoms with Crippen molar-refractivity contribution in [2.45, 2.75) is 25.3 Å². The molecule has 0 bridgehead atoms. The topological polar surface area (TPSA) is 98.7 Å². The molecule has 1 rings (SSSR count). The minimum absolute atomic E-state index is 0.521. The number of aliphatic hydroxyl groups is 1. The predicted molar refractivity (Wildman–Crippen MR) is 52.4 cm³/mol. The number of urea groups is 1. The lowest BCUT2D eigenvalue weighted by Gasteiger charge is -2.25. The first-order valence-corrected chi connectivity index (χ1v) is 5.01. The van der Waals surface area contributed by atoms with Crippen LogP contribution in [0.4, 0.5) is 4.79 Å². The Morgan fingerprint density at radius 2 is 2.07 bits per heavy atom. The van der Waals surface area contributed by atoms with Crippen LogP contribution < -0.4 is 10.6 Å². The van der Waals surface area contributed by atoms with E-state index >= 15 is 0 Å². The number of carbonyl (C=O) groups excluding carboxylic acids is 1. The molecule has 0 unspecified atom stereocenters. The summed E-state index contributed by atoms with van der Waals surface area (Å²) < 4.78 is 0. The van der Waals surface area contributed by atoms with E-state index in [0.717, 1.165) is 12.8 Å². The largest absolute Gasteiger partial charge is 0.480 e. The van der Waals surface area contributed by atoms with E-state index in [4.69, 9.17) is 10.2 Å².